The highest BCUT2D eigenvalue weighted by molar-refractivity contribution is 7.00. The van der Waals surface area contributed by atoms with Crippen LogP contribution in [0.4, 0.5) is 11.5 Å². The Morgan fingerprint density at radius 3 is 2.86 bits per heavy atom. The minimum absolute atomic E-state index is 0.453. The summed E-state index contributed by atoms with van der Waals surface area (Å²) in [6.45, 7) is 2.07. The molecule has 108 valence electrons. The van der Waals surface area contributed by atoms with Crippen molar-refractivity contribution in [2.24, 2.45) is 0 Å². The van der Waals surface area contributed by atoms with Gasteiger partial charge in [0.2, 0.25) is 0 Å². The van der Waals surface area contributed by atoms with Crippen LogP contribution in [0.3, 0.4) is 0 Å². The molecular weight excluding hydrogens is 329 g/mol. The second-order valence-corrected chi connectivity index (χ2v) is 5.71. The van der Waals surface area contributed by atoms with Crippen molar-refractivity contribution in [1.29, 1.82) is 0 Å². The monoisotopic (exact) mass is 339 g/mol. The molecule has 0 spiro atoms. The molecule has 5 nitrogen and oxygen atoms in total. The summed E-state index contributed by atoms with van der Waals surface area (Å²) in [5.74, 6) is 0.652. The Hall–Kier alpha value is -1.50. The molecule has 0 radical (unpaired) electrons. The Labute approximate surface area is 135 Å². The van der Waals surface area contributed by atoms with Gasteiger partial charge in [0.1, 0.15) is 28.3 Å². The van der Waals surface area contributed by atoms with Gasteiger partial charge in [-0.25, -0.2) is 9.97 Å². The van der Waals surface area contributed by atoms with E-state index in [9.17, 15) is 0 Å². The van der Waals surface area contributed by atoms with Crippen LogP contribution in [0.5, 0.6) is 0 Å². The smallest absolute Gasteiger partial charge is 0.138 e. The maximum Gasteiger partial charge on any atom is 0.138 e. The van der Waals surface area contributed by atoms with Crippen molar-refractivity contribution >= 4 is 57.5 Å². The van der Waals surface area contributed by atoms with E-state index in [4.69, 9.17) is 23.2 Å². The fourth-order valence-corrected chi connectivity index (χ4v) is 3.00. The largest absolute Gasteiger partial charge is 0.337 e. The van der Waals surface area contributed by atoms with E-state index in [0.717, 1.165) is 41.2 Å². The molecule has 2 aromatic heterocycles. The van der Waals surface area contributed by atoms with E-state index in [2.05, 4.69) is 31.0 Å². The van der Waals surface area contributed by atoms with Gasteiger partial charge < -0.3 is 5.32 Å². The Balaban J connectivity index is 2.08. The first-order chi connectivity index (χ1) is 10.2. The zero-order chi connectivity index (χ0) is 14.8. The van der Waals surface area contributed by atoms with E-state index in [1.54, 1.807) is 6.07 Å². The normalized spacial score (nSPS) is 11.0. The van der Waals surface area contributed by atoms with Gasteiger partial charge in [-0.3, -0.25) is 0 Å². The maximum absolute atomic E-state index is 6.28. The number of halogens is 2. The van der Waals surface area contributed by atoms with Gasteiger partial charge in [0.25, 0.3) is 0 Å². The van der Waals surface area contributed by atoms with Gasteiger partial charge >= 0.3 is 0 Å². The molecule has 2 heterocycles. The Kier molecular flexibility index (Phi) is 4.19. The van der Waals surface area contributed by atoms with Crippen LogP contribution in [-0.2, 0) is 6.42 Å². The standard InChI is InChI=1S/C13H11Cl2N5S/c1-2-3-7-12(15)16-6-17-13(7)18-10-8(14)4-5-9-11(10)20-21-19-9/h4-6H,2-3H2,1H3,(H,16,17,18). The molecule has 0 aliphatic heterocycles. The predicted molar refractivity (Wildman–Crippen MR) is 86.7 cm³/mol. The number of hydrogen-bond acceptors (Lipinski definition) is 6. The first kappa shape index (κ1) is 14.4. The number of nitrogens with one attached hydrogen (secondary N) is 1. The summed E-state index contributed by atoms with van der Waals surface area (Å²) in [5, 5.41) is 4.25. The second kappa shape index (κ2) is 6.09. The molecule has 0 saturated heterocycles. The average Bonchev–Trinajstić information content (AvgIpc) is 2.94. The number of fused-ring (bicyclic) bond motifs is 1. The van der Waals surface area contributed by atoms with Crippen LogP contribution in [0.25, 0.3) is 11.0 Å². The summed E-state index contributed by atoms with van der Waals surface area (Å²) in [5.41, 5.74) is 3.08. The molecule has 1 aromatic carbocycles. The quantitative estimate of drug-likeness (QED) is 0.709. The van der Waals surface area contributed by atoms with Crippen LogP contribution in [0.1, 0.15) is 18.9 Å². The van der Waals surface area contributed by atoms with Gasteiger partial charge in [-0.1, -0.05) is 36.5 Å². The molecule has 0 fully saturated rings. The van der Waals surface area contributed by atoms with Crippen molar-refractivity contribution in [3.05, 3.63) is 34.2 Å². The van der Waals surface area contributed by atoms with E-state index in [-0.39, 0.29) is 0 Å². The lowest BCUT2D eigenvalue weighted by atomic mass is 10.2. The number of rotatable bonds is 4. The van der Waals surface area contributed by atoms with Crippen molar-refractivity contribution in [2.75, 3.05) is 5.32 Å². The molecule has 21 heavy (non-hydrogen) atoms. The topological polar surface area (TPSA) is 63.6 Å². The summed E-state index contributed by atoms with van der Waals surface area (Å²) < 4.78 is 8.49. The number of hydrogen-bond donors (Lipinski definition) is 1. The Morgan fingerprint density at radius 1 is 1.19 bits per heavy atom. The van der Waals surface area contributed by atoms with Gasteiger partial charge in [-0.15, -0.1) is 0 Å². The van der Waals surface area contributed by atoms with Crippen LogP contribution in [0.2, 0.25) is 10.2 Å². The average molecular weight is 340 g/mol. The molecule has 0 amide bonds. The first-order valence-corrected chi connectivity index (χ1v) is 7.86. The lowest BCUT2D eigenvalue weighted by Gasteiger charge is -2.12. The lowest BCUT2D eigenvalue weighted by Crippen LogP contribution is -2.02. The Bertz CT molecular complexity index is 789. The molecule has 0 aliphatic rings. The number of aromatic nitrogens is 4. The van der Waals surface area contributed by atoms with Crippen molar-refractivity contribution in [1.82, 2.24) is 18.7 Å². The lowest BCUT2D eigenvalue weighted by molar-refractivity contribution is 0.904. The minimum Gasteiger partial charge on any atom is -0.337 e. The van der Waals surface area contributed by atoms with E-state index >= 15 is 0 Å². The molecule has 3 aromatic rings. The summed E-state index contributed by atoms with van der Waals surface area (Å²) in [7, 11) is 0. The van der Waals surface area contributed by atoms with Gasteiger partial charge in [0.15, 0.2) is 0 Å². The zero-order valence-electron chi connectivity index (χ0n) is 11.1. The number of benzene rings is 1. The van der Waals surface area contributed by atoms with Gasteiger partial charge in [-0.2, -0.15) is 8.75 Å². The van der Waals surface area contributed by atoms with Crippen LogP contribution < -0.4 is 5.32 Å². The first-order valence-electron chi connectivity index (χ1n) is 6.38. The Morgan fingerprint density at radius 2 is 2.05 bits per heavy atom. The fraction of sp³-hybridized carbons (Fsp3) is 0.231. The third-order valence-corrected chi connectivity index (χ3v) is 4.20. The maximum atomic E-state index is 6.28. The van der Waals surface area contributed by atoms with Crippen LogP contribution in [-0.4, -0.2) is 18.7 Å². The highest BCUT2D eigenvalue weighted by Crippen LogP contribution is 2.33. The van der Waals surface area contributed by atoms with Crippen molar-refractivity contribution in [2.45, 2.75) is 19.8 Å². The molecular formula is C13H11Cl2N5S. The highest BCUT2D eigenvalue weighted by atomic mass is 35.5. The number of nitrogens with zero attached hydrogens (tertiary/aromatic N) is 4. The molecule has 0 bridgehead atoms. The number of anilines is 2. The molecule has 0 atom stereocenters. The highest BCUT2D eigenvalue weighted by Gasteiger charge is 2.14. The van der Waals surface area contributed by atoms with E-state index < -0.39 is 0 Å². The van der Waals surface area contributed by atoms with Gasteiger partial charge in [-0.05, 0) is 18.6 Å². The minimum atomic E-state index is 0.453. The molecule has 3 rings (SSSR count). The van der Waals surface area contributed by atoms with Gasteiger partial charge in [0, 0.05) is 5.56 Å². The molecule has 0 unspecified atom stereocenters. The molecule has 0 aliphatic carbocycles. The third kappa shape index (κ3) is 2.79. The van der Waals surface area contributed by atoms with Crippen LogP contribution in [0, 0.1) is 0 Å². The van der Waals surface area contributed by atoms with E-state index in [0.29, 0.717) is 21.7 Å². The summed E-state index contributed by atoms with van der Waals surface area (Å²) in [4.78, 5) is 8.31. The van der Waals surface area contributed by atoms with E-state index in [1.165, 1.54) is 6.33 Å². The van der Waals surface area contributed by atoms with Crippen LogP contribution >= 0.6 is 34.9 Å². The predicted octanol–water partition coefficient (Wildman–Crippen LogP) is 4.48. The van der Waals surface area contributed by atoms with Crippen molar-refractivity contribution in [3.8, 4) is 0 Å². The van der Waals surface area contributed by atoms with E-state index in [1.807, 2.05) is 6.07 Å². The fourth-order valence-electron chi connectivity index (χ4n) is 2.03. The molecule has 8 heteroatoms. The summed E-state index contributed by atoms with van der Waals surface area (Å²) in [6, 6.07) is 3.63. The van der Waals surface area contributed by atoms with Gasteiger partial charge in [0.05, 0.1) is 22.4 Å². The van der Waals surface area contributed by atoms with Crippen molar-refractivity contribution in [3.63, 3.8) is 0 Å². The van der Waals surface area contributed by atoms with Crippen molar-refractivity contribution < 1.29 is 0 Å². The zero-order valence-corrected chi connectivity index (χ0v) is 13.4. The van der Waals surface area contributed by atoms with Crippen LogP contribution in [0.15, 0.2) is 18.5 Å². The summed E-state index contributed by atoms with van der Waals surface area (Å²) in [6.07, 6.45) is 3.15. The second-order valence-electron chi connectivity index (χ2n) is 4.42. The molecule has 1 N–H and O–H groups in total. The summed E-state index contributed by atoms with van der Waals surface area (Å²) >= 11 is 13.6. The third-order valence-electron chi connectivity index (χ3n) is 3.01. The molecule has 0 saturated carbocycles. The SMILES string of the molecule is CCCc1c(Cl)ncnc1Nc1c(Cl)ccc2nsnc12.